The van der Waals surface area contributed by atoms with Crippen LogP contribution < -0.4 is 4.74 Å². The molecule has 2 aliphatic rings. The highest BCUT2D eigenvalue weighted by Crippen LogP contribution is 2.40. The molecule has 3 rings (SSSR count). The molecule has 0 aliphatic carbocycles. The van der Waals surface area contributed by atoms with Gasteiger partial charge in [0.05, 0.1) is 26.2 Å². The number of rotatable bonds is 5. The van der Waals surface area contributed by atoms with Crippen molar-refractivity contribution in [3.05, 3.63) is 29.8 Å². The molecule has 1 aromatic rings. The van der Waals surface area contributed by atoms with Crippen LogP contribution in [0.25, 0.3) is 0 Å². The largest absolute Gasteiger partial charge is 0.497 e. The maximum Gasteiger partial charge on any atom is 0.227 e. The molecule has 2 aliphatic heterocycles. The van der Waals surface area contributed by atoms with Gasteiger partial charge < -0.3 is 19.1 Å². The molecule has 0 radical (unpaired) electrons. The number of amides is 1. The van der Waals surface area contributed by atoms with Gasteiger partial charge in [0.15, 0.2) is 0 Å². The number of carbonyl (C=O) groups is 1. The lowest BCUT2D eigenvalue weighted by Crippen LogP contribution is -2.58. The summed E-state index contributed by atoms with van der Waals surface area (Å²) in [7, 11) is 3.38. The summed E-state index contributed by atoms with van der Waals surface area (Å²) in [6, 6.07) is 7.71. The topological polar surface area (TPSA) is 48.0 Å². The number of fused-ring (bicyclic) bond motifs is 1. The number of nitrogens with zero attached hydrogens (tertiary/aromatic N) is 1. The average molecular weight is 333 g/mol. The molecule has 0 saturated carbocycles. The quantitative estimate of drug-likeness (QED) is 0.829. The zero-order valence-electron chi connectivity index (χ0n) is 14.6. The van der Waals surface area contributed by atoms with Crippen molar-refractivity contribution < 1.29 is 19.0 Å². The van der Waals surface area contributed by atoms with Gasteiger partial charge in [0.25, 0.3) is 0 Å². The Labute approximate surface area is 143 Å². The fourth-order valence-corrected chi connectivity index (χ4v) is 4.03. The molecule has 132 valence electrons. The Morgan fingerprint density at radius 2 is 2.12 bits per heavy atom. The van der Waals surface area contributed by atoms with Crippen LogP contribution in [0, 0.1) is 5.41 Å². The first-order chi connectivity index (χ1) is 11.7. The lowest BCUT2D eigenvalue weighted by Gasteiger charge is -2.50. The first-order valence-electron chi connectivity index (χ1n) is 8.68. The molecule has 5 nitrogen and oxygen atoms in total. The minimum atomic E-state index is -0.0409. The van der Waals surface area contributed by atoms with Crippen LogP contribution in [-0.4, -0.2) is 57.4 Å². The van der Waals surface area contributed by atoms with Crippen molar-refractivity contribution in [2.24, 2.45) is 5.41 Å². The number of methoxy groups -OCH3 is 2. The summed E-state index contributed by atoms with van der Waals surface area (Å²) in [4.78, 5) is 14.8. The summed E-state index contributed by atoms with van der Waals surface area (Å²) < 4.78 is 16.6. The number of carbonyl (C=O) groups excluding carboxylic acids is 1. The summed E-state index contributed by atoms with van der Waals surface area (Å²) in [6.07, 6.45) is 3.66. The highest BCUT2D eigenvalue weighted by atomic mass is 16.5. The van der Waals surface area contributed by atoms with Gasteiger partial charge in [0.1, 0.15) is 5.75 Å². The molecule has 0 spiro atoms. The van der Waals surface area contributed by atoms with E-state index >= 15 is 0 Å². The van der Waals surface area contributed by atoms with Crippen molar-refractivity contribution in [1.82, 2.24) is 4.90 Å². The Kier molecular flexibility index (Phi) is 5.41. The van der Waals surface area contributed by atoms with Crippen LogP contribution in [0.2, 0.25) is 0 Å². The summed E-state index contributed by atoms with van der Waals surface area (Å²) in [5.74, 6) is 0.991. The van der Waals surface area contributed by atoms with Crippen LogP contribution in [0.15, 0.2) is 24.3 Å². The standard InChI is InChI=1S/C19H27NO4/c1-22-14-19-9-3-11-24-17(19)8-10-20(13-19)18(21)12-15-4-6-16(23-2)7-5-15/h4-7,17H,3,8-14H2,1-2H3/t17-,19+/m0/s1. The average Bonchev–Trinajstić information content (AvgIpc) is 2.62. The molecule has 2 atom stereocenters. The van der Waals surface area contributed by atoms with Gasteiger partial charge in [-0.15, -0.1) is 0 Å². The fourth-order valence-electron chi connectivity index (χ4n) is 4.03. The molecule has 2 saturated heterocycles. The van der Waals surface area contributed by atoms with E-state index in [2.05, 4.69) is 0 Å². The molecule has 0 aromatic heterocycles. The van der Waals surface area contributed by atoms with Gasteiger partial charge in [-0.25, -0.2) is 0 Å². The van der Waals surface area contributed by atoms with E-state index in [9.17, 15) is 4.79 Å². The molecule has 1 amide bonds. The maximum absolute atomic E-state index is 12.8. The molecule has 5 heteroatoms. The minimum Gasteiger partial charge on any atom is -0.497 e. The Hall–Kier alpha value is -1.59. The Morgan fingerprint density at radius 3 is 2.83 bits per heavy atom. The van der Waals surface area contributed by atoms with Crippen molar-refractivity contribution >= 4 is 5.91 Å². The van der Waals surface area contributed by atoms with Crippen LogP contribution >= 0.6 is 0 Å². The van der Waals surface area contributed by atoms with Crippen molar-refractivity contribution in [1.29, 1.82) is 0 Å². The SMILES string of the molecule is COC[C@]12CCCO[C@H]1CCN(C(=O)Cc1ccc(OC)cc1)C2. The Bertz CT molecular complexity index is 555. The molecule has 0 bridgehead atoms. The molecule has 24 heavy (non-hydrogen) atoms. The molecule has 1 aromatic carbocycles. The van der Waals surface area contributed by atoms with Crippen LogP contribution in [0.1, 0.15) is 24.8 Å². The number of likely N-dealkylation sites (tertiary alicyclic amines) is 1. The predicted molar refractivity (Wildman–Crippen MR) is 91.2 cm³/mol. The van der Waals surface area contributed by atoms with E-state index in [0.717, 1.165) is 50.3 Å². The van der Waals surface area contributed by atoms with Crippen molar-refractivity contribution in [2.75, 3.05) is 40.5 Å². The van der Waals surface area contributed by atoms with Crippen LogP contribution in [0.3, 0.4) is 0 Å². The van der Waals surface area contributed by atoms with Crippen molar-refractivity contribution in [3.63, 3.8) is 0 Å². The van der Waals surface area contributed by atoms with Crippen LogP contribution in [-0.2, 0) is 20.7 Å². The zero-order valence-corrected chi connectivity index (χ0v) is 14.6. The number of ether oxygens (including phenoxy) is 3. The van der Waals surface area contributed by atoms with E-state index < -0.39 is 0 Å². The lowest BCUT2D eigenvalue weighted by molar-refractivity contribution is -0.161. The fraction of sp³-hybridized carbons (Fsp3) is 0.632. The van der Waals surface area contributed by atoms with Gasteiger partial charge in [0, 0.05) is 32.2 Å². The minimum absolute atomic E-state index is 0.0409. The highest BCUT2D eigenvalue weighted by molar-refractivity contribution is 5.79. The smallest absolute Gasteiger partial charge is 0.227 e. The predicted octanol–water partition coefficient (Wildman–Crippen LogP) is 2.28. The third kappa shape index (κ3) is 3.57. The second-order valence-electron chi connectivity index (χ2n) is 6.89. The highest BCUT2D eigenvalue weighted by Gasteiger charge is 2.46. The van der Waals surface area contributed by atoms with E-state index in [4.69, 9.17) is 14.2 Å². The third-order valence-electron chi connectivity index (χ3n) is 5.29. The normalized spacial score (nSPS) is 26.8. The first-order valence-corrected chi connectivity index (χ1v) is 8.68. The zero-order chi connectivity index (χ0) is 17.0. The monoisotopic (exact) mass is 333 g/mol. The molecular formula is C19H27NO4. The van der Waals surface area contributed by atoms with E-state index in [1.165, 1.54) is 0 Å². The van der Waals surface area contributed by atoms with Gasteiger partial charge in [-0.1, -0.05) is 12.1 Å². The third-order valence-corrected chi connectivity index (χ3v) is 5.29. The van der Waals surface area contributed by atoms with Crippen LogP contribution in [0.4, 0.5) is 0 Å². The molecule has 2 fully saturated rings. The summed E-state index contributed by atoms with van der Waals surface area (Å²) >= 11 is 0. The molecule has 0 N–H and O–H groups in total. The Balaban J connectivity index is 1.66. The van der Waals surface area contributed by atoms with E-state index in [1.807, 2.05) is 29.2 Å². The van der Waals surface area contributed by atoms with Crippen molar-refractivity contribution in [2.45, 2.75) is 31.8 Å². The molecule has 2 heterocycles. The molecule has 0 unspecified atom stereocenters. The van der Waals surface area contributed by atoms with E-state index in [-0.39, 0.29) is 17.4 Å². The van der Waals surface area contributed by atoms with Crippen molar-refractivity contribution in [3.8, 4) is 5.75 Å². The van der Waals surface area contributed by atoms with E-state index in [0.29, 0.717) is 13.0 Å². The summed E-state index contributed by atoms with van der Waals surface area (Å²) in [5.41, 5.74) is 0.976. The number of benzene rings is 1. The number of hydrogen-bond donors (Lipinski definition) is 0. The van der Waals surface area contributed by atoms with E-state index in [1.54, 1.807) is 14.2 Å². The van der Waals surface area contributed by atoms with Gasteiger partial charge in [-0.05, 0) is 37.0 Å². The summed E-state index contributed by atoms with van der Waals surface area (Å²) in [5, 5.41) is 0. The second kappa shape index (κ2) is 7.53. The Morgan fingerprint density at radius 1 is 1.33 bits per heavy atom. The molecular weight excluding hydrogens is 306 g/mol. The lowest BCUT2D eigenvalue weighted by atomic mass is 9.73. The van der Waals surface area contributed by atoms with Crippen LogP contribution in [0.5, 0.6) is 5.75 Å². The number of piperidine rings is 1. The van der Waals surface area contributed by atoms with Gasteiger partial charge >= 0.3 is 0 Å². The van der Waals surface area contributed by atoms with Gasteiger partial charge in [0.2, 0.25) is 5.91 Å². The maximum atomic E-state index is 12.8. The summed E-state index contributed by atoms with van der Waals surface area (Å²) in [6.45, 7) is 2.99. The van der Waals surface area contributed by atoms with Gasteiger partial charge in [-0.3, -0.25) is 4.79 Å². The number of hydrogen-bond acceptors (Lipinski definition) is 4. The first kappa shape index (κ1) is 17.2. The second-order valence-corrected chi connectivity index (χ2v) is 6.89. The van der Waals surface area contributed by atoms with Gasteiger partial charge in [-0.2, -0.15) is 0 Å².